The van der Waals surface area contributed by atoms with E-state index >= 15 is 0 Å². The summed E-state index contributed by atoms with van der Waals surface area (Å²) in [5, 5.41) is 10.2. The molecule has 3 nitrogen and oxygen atoms in total. The SMILES string of the molecule is CN1CCC(CN(C)CC2CCCCCC2O)CC1. The largest absolute Gasteiger partial charge is 0.393 e. The minimum Gasteiger partial charge on any atom is -0.393 e. The molecule has 0 amide bonds. The smallest absolute Gasteiger partial charge is 0.0580 e. The van der Waals surface area contributed by atoms with Crippen LogP contribution in [0.15, 0.2) is 0 Å². The van der Waals surface area contributed by atoms with E-state index in [0.717, 1.165) is 18.9 Å². The third-order valence-electron chi connectivity index (χ3n) is 5.07. The molecule has 0 bridgehead atoms. The number of nitrogens with zero attached hydrogens (tertiary/aromatic N) is 2. The van der Waals surface area contributed by atoms with Crippen LogP contribution in [0.3, 0.4) is 0 Å². The van der Waals surface area contributed by atoms with Gasteiger partial charge in [-0.2, -0.15) is 0 Å². The molecule has 2 aliphatic rings. The molecule has 1 aliphatic heterocycles. The van der Waals surface area contributed by atoms with Gasteiger partial charge in [-0.1, -0.05) is 19.3 Å². The monoisotopic (exact) mass is 268 g/mol. The Morgan fingerprint density at radius 1 is 1.00 bits per heavy atom. The van der Waals surface area contributed by atoms with Crippen molar-refractivity contribution in [1.29, 1.82) is 0 Å². The fraction of sp³-hybridized carbons (Fsp3) is 1.00. The Kier molecular flexibility index (Phi) is 6.11. The summed E-state index contributed by atoms with van der Waals surface area (Å²) in [6.45, 7) is 4.82. The minimum absolute atomic E-state index is 0.0533. The molecule has 0 aromatic carbocycles. The zero-order valence-electron chi connectivity index (χ0n) is 12.9. The van der Waals surface area contributed by atoms with Gasteiger partial charge in [-0.05, 0) is 64.7 Å². The molecule has 0 aromatic rings. The molecule has 1 aliphatic carbocycles. The van der Waals surface area contributed by atoms with Crippen LogP contribution in [-0.2, 0) is 0 Å². The van der Waals surface area contributed by atoms with E-state index in [1.165, 1.54) is 58.2 Å². The van der Waals surface area contributed by atoms with E-state index in [4.69, 9.17) is 0 Å². The highest BCUT2D eigenvalue weighted by atomic mass is 16.3. The van der Waals surface area contributed by atoms with Gasteiger partial charge in [-0.15, -0.1) is 0 Å². The molecule has 0 aromatic heterocycles. The van der Waals surface area contributed by atoms with Crippen molar-refractivity contribution in [3.63, 3.8) is 0 Å². The Morgan fingerprint density at radius 2 is 1.68 bits per heavy atom. The van der Waals surface area contributed by atoms with Crippen LogP contribution in [0, 0.1) is 11.8 Å². The number of aliphatic hydroxyl groups is 1. The summed E-state index contributed by atoms with van der Waals surface area (Å²) >= 11 is 0. The maximum atomic E-state index is 10.2. The number of rotatable bonds is 4. The van der Waals surface area contributed by atoms with E-state index < -0.39 is 0 Å². The minimum atomic E-state index is -0.0533. The van der Waals surface area contributed by atoms with Gasteiger partial charge in [0.1, 0.15) is 0 Å². The Morgan fingerprint density at radius 3 is 2.42 bits per heavy atom. The molecule has 1 saturated carbocycles. The van der Waals surface area contributed by atoms with Crippen LogP contribution in [0.5, 0.6) is 0 Å². The van der Waals surface area contributed by atoms with Crippen LogP contribution in [0.2, 0.25) is 0 Å². The number of aliphatic hydroxyl groups excluding tert-OH is 1. The van der Waals surface area contributed by atoms with E-state index in [2.05, 4.69) is 23.9 Å². The van der Waals surface area contributed by atoms with Crippen molar-refractivity contribution in [1.82, 2.24) is 9.80 Å². The molecule has 19 heavy (non-hydrogen) atoms. The van der Waals surface area contributed by atoms with Crippen molar-refractivity contribution < 1.29 is 5.11 Å². The molecule has 1 N–H and O–H groups in total. The second kappa shape index (κ2) is 7.61. The van der Waals surface area contributed by atoms with E-state index in [1.807, 2.05) is 0 Å². The van der Waals surface area contributed by atoms with Crippen LogP contribution in [0.25, 0.3) is 0 Å². The second-order valence-corrected chi connectivity index (χ2v) is 6.93. The number of likely N-dealkylation sites (tertiary alicyclic amines) is 1. The third-order valence-corrected chi connectivity index (χ3v) is 5.07. The van der Waals surface area contributed by atoms with Crippen molar-refractivity contribution in [3.05, 3.63) is 0 Å². The Bertz CT molecular complexity index is 251. The molecule has 112 valence electrons. The Balaban J connectivity index is 1.72. The van der Waals surface area contributed by atoms with Crippen LogP contribution in [-0.4, -0.2) is 61.3 Å². The maximum absolute atomic E-state index is 10.2. The maximum Gasteiger partial charge on any atom is 0.0580 e. The molecule has 2 atom stereocenters. The molecule has 0 spiro atoms. The molecule has 2 fully saturated rings. The quantitative estimate of drug-likeness (QED) is 0.792. The summed E-state index contributed by atoms with van der Waals surface area (Å²) < 4.78 is 0. The van der Waals surface area contributed by atoms with Gasteiger partial charge in [0.2, 0.25) is 0 Å². The molecule has 2 unspecified atom stereocenters. The van der Waals surface area contributed by atoms with Gasteiger partial charge in [0.25, 0.3) is 0 Å². The van der Waals surface area contributed by atoms with Crippen molar-refractivity contribution in [2.45, 2.75) is 51.0 Å². The molecule has 1 saturated heterocycles. The van der Waals surface area contributed by atoms with Gasteiger partial charge < -0.3 is 14.9 Å². The van der Waals surface area contributed by atoms with Crippen LogP contribution >= 0.6 is 0 Å². The van der Waals surface area contributed by atoms with E-state index in [-0.39, 0.29) is 6.10 Å². The first-order valence-electron chi connectivity index (χ1n) is 8.20. The first kappa shape index (κ1) is 15.3. The van der Waals surface area contributed by atoms with Gasteiger partial charge >= 0.3 is 0 Å². The predicted octanol–water partition coefficient (Wildman–Crippen LogP) is 2.20. The van der Waals surface area contributed by atoms with Gasteiger partial charge in [0.15, 0.2) is 0 Å². The lowest BCUT2D eigenvalue weighted by atomic mass is 9.94. The molecular weight excluding hydrogens is 236 g/mol. The Labute approximate surface area is 119 Å². The summed E-state index contributed by atoms with van der Waals surface area (Å²) in [5.74, 6) is 1.38. The molecular formula is C16H32N2O. The van der Waals surface area contributed by atoms with Crippen molar-refractivity contribution in [2.24, 2.45) is 11.8 Å². The Hall–Kier alpha value is -0.120. The lowest BCUT2D eigenvalue weighted by Gasteiger charge is -2.33. The fourth-order valence-corrected chi connectivity index (χ4v) is 3.74. The highest BCUT2D eigenvalue weighted by Gasteiger charge is 2.24. The predicted molar refractivity (Wildman–Crippen MR) is 80.3 cm³/mol. The average molecular weight is 268 g/mol. The highest BCUT2D eigenvalue weighted by Crippen LogP contribution is 2.25. The number of hydrogen-bond acceptors (Lipinski definition) is 3. The lowest BCUT2D eigenvalue weighted by molar-refractivity contribution is 0.0721. The normalized spacial score (nSPS) is 31.6. The van der Waals surface area contributed by atoms with Crippen LogP contribution in [0.1, 0.15) is 44.9 Å². The second-order valence-electron chi connectivity index (χ2n) is 6.93. The van der Waals surface area contributed by atoms with Crippen molar-refractivity contribution in [2.75, 3.05) is 40.3 Å². The van der Waals surface area contributed by atoms with E-state index in [0.29, 0.717) is 5.92 Å². The van der Waals surface area contributed by atoms with Crippen molar-refractivity contribution >= 4 is 0 Å². The molecule has 1 heterocycles. The van der Waals surface area contributed by atoms with E-state index in [9.17, 15) is 5.11 Å². The van der Waals surface area contributed by atoms with E-state index in [1.54, 1.807) is 0 Å². The molecule has 2 rings (SSSR count). The van der Waals surface area contributed by atoms with Crippen molar-refractivity contribution in [3.8, 4) is 0 Å². The first-order valence-corrected chi connectivity index (χ1v) is 8.20. The summed E-state index contributed by atoms with van der Waals surface area (Å²) in [7, 11) is 4.47. The lowest BCUT2D eigenvalue weighted by Crippen LogP contribution is -2.39. The summed E-state index contributed by atoms with van der Waals surface area (Å²) in [6.07, 6.45) is 8.71. The third kappa shape index (κ3) is 5.05. The van der Waals surface area contributed by atoms with Gasteiger partial charge in [0.05, 0.1) is 6.10 Å². The summed E-state index contributed by atoms with van der Waals surface area (Å²) in [5.41, 5.74) is 0. The van der Waals surface area contributed by atoms with Gasteiger partial charge in [0, 0.05) is 13.1 Å². The number of hydrogen-bond donors (Lipinski definition) is 1. The highest BCUT2D eigenvalue weighted by molar-refractivity contribution is 4.78. The van der Waals surface area contributed by atoms with Crippen LogP contribution in [0.4, 0.5) is 0 Å². The topological polar surface area (TPSA) is 26.7 Å². The molecule has 3 heteroatoms. The first-order chi connectivity index (χ1) is 9.15. The van der Waals surface area contributed by atoms with Crippen LogP contribution < -0.4 is 0 Å². The number of piperidine rings is 1. The van der Waals surface area contributed by atoms with Gasteiger partial charge in [-0.3, -0.25) is 0 Å². The summed E-state index contributed by atoms with van der Waals surface area (Å²) in [6, 6.07) is 0. The average Bonchev–Trinajstić information content (AvgIpc) is 2.58. The summed E-state index contributed by atoms with van der Waals surface area (Å²) in [4.78, 5) is 4.92. The fourth-order valence-electron chi connectivity index (χ4n) is 3.74. The zero-order chi connectivity index (χ0) is 13.7. The molecule has 0 radical (unpaired) electrons. The van der Waals surface area contributed by atoms with Gasteiger partial charge in [-0.25, -0.2) is 0 Å². The standard InChI is InChI=1S/C16H32N2O/c1-17-10-8-14(9-11-17)12-18(2)13-15-6-4-3-5-7-16(15)19/h14-16,19H,3-13H2,1-2H3. The zero-order valence-corrected chi connectivity index (χ0v) is 12.9.